The summed E-state index contributed by atoms with van der Waals surface area (Å²) in [5.41, 5.74) is 0.846. The van der Waals surface area contributed by atoms with Crippen LogP contribution in [-0.2, 0) is 35.0 Å². The van der Waals surface area contributed by atoms with Crippen molar-refractivity contribution in [1.82, 2.24) is 14.8 Å². The van der Waals surface area contributed by atoms with Crippen molar-refractivity contribution in [2.24, 2.45) is 0 Å². The van der Waals surface area contributed by atoms with Crippen LogP contribution in [0.15, 0.2) is 24.4 Å². The van der Waals surface area contributed by atoms with Gasteiger partial charge in [-0.05, 0) is 25.0 Å². The number of amides is 2. The molecule has 0 aliphatic carbocycles. The Kier molecular flexibility index (Phi) is 9.04. The van der Waals surface area contributed by atoms with Crippen LogP contribution in [-0.4, -0.2) is 78.3 Å². The van der Waals surface area contributed by atoms with Gasteiger partial charge < -0.3 is 24.0 Å². The summed E-state index contributed by atoms with van der Waals surface area (Å²) in [6, 6.07) is 4.76. The first kappa shape index (κ1) is 23.1. The van der Waals surface area contributed by atoms with Gasteiger partial charge in [-0.3, -0.25) is 14.6 Å². The Morgan fingerprint density at radius 1 is 1.20 bits per heavy atom. The van der Waals surface area contributed by atoms with Crippen LogP contribution in [0.1, 0.15) is 31.9 Å². The number of likely N-dealkylation sites (N-methyl/N-ethyl adjacent to an activating group) is 1. The summed E-state index contributed by atoms with van der Waals surface area (Å²) < 4.78 is 14.8. The highest BCUT2D eigenvalue weighted by Gasteiger charge is 2.35. The van der Waals surface area contributed by atoms with E-state index in [9.17, 15) is 19.2 Å². The zero-order chi connectivity index (χ0) is 21.9. The summed E-state index contributed by atoms with van der Waals surface area (Å²) in [5.74, 6) is -1.60. The molecular formula is C20H27N3O7. The van der Waals surface area contributed by atoms with E-state index >= 15 is 0 Å². The number of rotatable bonds is 9. The molecule has 2 amide bonds. The highest BCUT2D eigenvalue weighted by atomic mass is 16.7. The summed E-state index contributed by atoms with van der Waals surface area (Å²) in [6.45, 7) is 1.44. The Hall–Kier alpha value is -3.17. The summed E-state index contributed by atoms with van der Waals surface area (Å²) in [7, 11) is 1.57. The van der Waals surface area contributed by atoms with Gasteiger partial charge in [-0.15, -0.1) is 0 Å². The number of esters is 2. The lowest BCUT2D eigenvalue weighted by Gasteiger charge is -2.23. The standard InChI is InChI=1S/C20H27N3O7/c1-3-18(25)28-13-17(24)23-11-6-8-16(23)19(26)29-14-30-20(27)22(2)12-9-15-7-4-5-10-21-15/h4-5,7,10,16H,3,6,8-9,11-14H2,1-2H3/t16-/m1/s1. The molecule has 0 N–H and O–H groups in total. The number of ether oxygens (including phenoxy) is 3. The molecule has 10 nitrogen and oxygen atoms in total. The van der Waals surface area contributed by atoms with Crippen LogP contribution in [0.5, 0.6) is 0 Å². The van der Waals surface area contributed by atoms with Crippen molar-refractivity contribution in [2.75, 3.05) is 33.5 Å². The Balaban J connectivity index is 1.71. The minimum atomic E-state index is -0.779. The SMILES string of the molecule is CCC(=O)OCC(=O)N1CCC[C@@H]1C(=O)OCOC(=O)N(C)CCc1ccccn1. The first-order chi connectivity index (χ1) is 14.4. The fourth-order valence-corrected chi connectivity index (χ4v) is 2.90. The van der Waals surface area contributed by atoms with Crippen molar-refractivity contribution in [3.63, 3.8) is 0 Å². The van der Waals surface area contributed by atoms with E-state index < -0.39 is 43.4 Å². The van der Waals surface area contributed by atoms with Crippen molar-refractivity contribution in [3.8, 4) is 0 Å². The quantitative estimate of drug-likeness (QED) is 0.431. The number of pyridine rings is 1. The van der Waals surface area contributed by atoms with Gasteiger partial charge in [-0.25, -0.2) is 9.59 Å². The lowest BCUT2D eigenvalue weighted by atomic mass is 10.2. The van der Waals surface area contributed by atoms with Crippen LogP contribution in [0.4, 0.5) is 4.79 Å². The van der Waals surface area contributed by atoms with E-state index in [2.05, 4.69) is 4.98 Å². The van der Waals surface area contributed by atoms with Gasteiger partial charge in [0.1, 0.15) is 6.04 Å². The summed E-state index contributed by atoms with van der Waals surface area (Å²) in [4.78, 5) is 54.5. The molecule has 1 aliphatic rings. The second-order valence-corrected chi connectivity index (χ2v) is 6.74. The van der Waals surface area contributed by atoms with E-state index in [1.54, 1.807) is 20.2 Å². The van der Waals surface area contributed by atoms with Crippen LogP contribution in [0.25, 0.3) is 0 Å². The van der Waals surface area contributed by atoms with Crippen LogP contribution in [0.2, 0.25) is 0 Å². The van der Waals surface area contributed by atoms with Gasteiger partial charge >= 0.3 is 18.0 Å². The molecule has 0 aromatic carbocycles. The van der Waals surface area contributed by atoms with Gasteiger partial charge in [-0.1, -0.05) is 13.0 Å². The molecule has 0 saturated carbocycles. The zero-order valence-electron chi connectivity index (χ0n) is 17.2. The normalized spacial score (nSPS) is 15.4. The third-order valence-corrected chi connectivity index (χ3v) is 4.62. The largest absolute Gasteiger partial charge is 0.456 e. The van der Waals surface area contributed by atoms with Crippen molar-refractivity contribution in [3.05, 3.63) is 30.1 Å². The maximum Gasteiger partial charge on any atom is 0.412 e. The van der Waals surface area contributed by atoms with E-state index in [1.807, 2.05) is 18.2 Å². The van der Waals surface area contributed by atoms with Crippen molar-refractivity contribution < 1.29 is 33.4 Å². The molecule has 0 bridgehead atoms. The molecule has 1 saturated heterocycles. The summed E-state index contributed by atoms with van der Waals surface area (Å²) >= 11 is 0. The molecule has 2 heterocycles. The average Bonchev–Trinajstić information content (AvgIpc) is 3.26. The van der Waals surface area contributed by atoms with E-state index in [-0.39, 0.29) is 6.42 Å². The molecule has 1 atom stereocenters. The van der Waals surface area contributed by atoms with E-state index in [0.717, 1.165) is 5.69 Å². The van der Waals surface area contributed by atoms with Gasteiger partial charge in [-0.2, -0.15) is 0 Å². The number of aromatic nitrogens is 1. The molecular weight excluding hydrogens is 394 g/mol. The van der Waals surface area contributed by atoms with Crippen molar-refractivity contribution in [1.29, 1.82) is 0 Å². The summed E-state index contributed by atoms with van der Waals surface area (Å²) in [6.07, 6.45) is 2.84. The maximum absolute atomic E-state index is 12.3. The van der Waals surface area contributed by atoms with E-state index in [0.29, 0.717) is 32.4 Å². The molecule has 0 spiro atoms. The van der Waals surface area contributed by atoms with E-state index in [4.69, 9.17) is 14.2 Å². The number of carbonyl (C=O) groups is 4. The van der Waals surface area contributed by atoms with E-state index in [1.165, 1.54) is 9.80 Å². The first-order valence-electron chi connectivity index (χ1n) is 9.82. The van der Waals surface area contributed by atoms with Gasteiger partial charge in [0.25, 0.3) is 5.91 Å². The highest BCUT2D eigenvalue weighted by molar-refractivity contribution is 5.87. The van der Waals surface area contributed by atoms with Crippen LogP contribution in [0.3, 0.4) is 0 Å². The molecule has 1 aromatic rings. The van der Waals surface area contributed by atoms with Crippen LogP contribution >= 0.6 is 0 Å². The molecule has 1 aliphatic heterocycles. The fraction of sp³-hybridized carbons (Fsp3) is 0.550. The Bertz CT molecular complexity index is 741. The molecule has 164 valence electrons. The fourth-order valence-electron chi connectivity index (χ4n) is 2.90. The Labute approximate surface area is 175 Å². The smallest absolute Gasteiger partial charge is 0.412 e. The molecule has 0 radical (unpaired) electrons. The Morgan fingerprint density at radius 3 is 2.70 bits per heavy atom. The third-order valence-electron chi connectivity index (χ3n) is 4.62. The minimum Gasteiger partial charge on any atom is -0.456 e. The van der Waals surface area contributed by atoms with Gasteiger partial charge in [0.2, 0.25) is 6.79 Å². The van der Waals surface area contributed by atoms with Crippen molar-refractivity contribution in [2.45, 2.75) is 38.6 Å². The second-order valence-electron chi connectivity index (χ2n) is 6.74. The van der Waals surface area contributed by atoms with Crippen molar-refractivity contribution >= 4 is 23.9 Å². The monoisotopic (exact) mass is 421 g/mol. The molecule has 2 rings (SSSR count). The van der Waals surface area contributed by atoms with Gasteiger partial charge in [0, 0.05) is 44.9 Å². The predicted octanol–water partition coefficient (Wildman–Crippen LogP) is 1.14. The number of likely N-dealkylation sites (tertiary alicyclic amines) is 1. The lowest BCUT2D eigenvalue weighted by Crippen LogP contribution is -2.43. The molecule has 1 aromatic heterocycles. The first-order valence-corrected chi connectivity index (χ1v) is 9.82. The maximum atomic E-state index is 12.3. The third kappa shape index (κ3) is 7.02. The topological polar surface area (TPSA) is 115 Å². The molecule has 1 fully saturated rings. The number of nitrogens with zero attached hydrogens (tertiary/aromatic N) is 3. The lowest BCUT2D eigenvalue weighted by molar-refractivity contribution is -0.162. The second kappa shape index (κ2) is 11.7. The Morgan fingerprint density at radius 2 is 2.00 bits per heavy atom. The highest BCUT2D eigenvalue weighted by Crippen LogP contribution is 2.19. The molecule has 30 heavy (non-hydrogen) atoms. The molecule has 10 heteroatoms. The summed E-state index contributed by atoms with van der Waals surface area (Å²) in [5, 5.41) is 0. The number of hydrogen-bond acceptors (Lipinski definition) is 8. The minimum absolute atomic E-state index is 0.167. The average molecular weight is 421 g/mol. The number of carbonyl (C=O) groups excluding carboxylic acids is 4. The number of hydrogen-bond donors (Lipinski definition) is 0. The van der Waals surface area contributed by atoms with Crippen LogP contribution in [0, 0.1) is 0 Å². The van der Waals surface area contributed by atoms with Gasteiger partial charge in [0.05, 0.1) is 0 Å². The van der Waals surface area contributed by atoms with Gasteiger partial charge in [0.15, 0.2) is 6.61 Å². The predicted molar refractivity (Wildman–Crippen MR) is 104 cm³/mol. The zero-order valence-corrected chi connectivity index (χ0v) is 17.2. The van der Waals surface area contributed by atoms with Crippen LogP contribution < -0.4 is 0 Å². The molecule has 0 unspecified atom stereocenters.